The molecule has 1 aliphatic carbocycles. The third-order valence-corrected chi connectivity index (χ3v) is 14.0. The Balaban J connectivity index is 0.956. The maximum atomic E-state index is 13.8. The van der Waals surface area contributed by atoms with E-state index in [0.29, 0.717) is 68.4 Å². The van der Waals surface area contributed by atoms with E-state index in [-0.39, 0.29) is 29.3 Å². The van der Waals surface area contributed by atoms with E-state index in [1.807, 2.05) is 36.2 Å². The molecule has 56 heavy (non-hydrogen) atoms. The fraction of sp³-hybridized carbons (Fsp3) is 0.488. The van der Waals surface area contributed by atoms with Gasteiger partial charge >= 0.3 is 0 Å². The Labute approximate surface area is 329 Å². The van der Waals surface area contributed by atoms with E-state index in [4.69, 9.17) is 0 Å². The van der Waals surface area contributed by atoms with Crippen molar-refractivity contribution in [1.29, 1.82) is 0 Å². The van der Waals surface area contributed by atoms with Crippen LogP contribution in [0, 0.1) is 0 Å². The fourth-order valence-electron chi connectivity index (χ4n) is 8.45. The smallest absolute Gasteiger partial charge is 0.246 e. The third-order valence-electron chi connectivity index (χ3n) is 12.1. The summed E-state index contributed by atoms with van der Waals surface area (Å²) in [5.74, 6) is 1.07. The lowest BCUT2D eigenvalue weighted by atomic mass is 9.87. The molecule has 1 atom stereocenters. The van der Waals surface area contributed by atoms with Gasteiger partial charge in [0, 0.05) is 57.2 Å². The summed E-state index contributed by atoms with van der Waals surface area (Å²) in [5.41, 5.74) is 5.36. The first-order valence-electron chi connectivity index (χ1n) is 19.6. The summed E-state index contributed by atoms with van der Waals surface area (Å²) >= 11 is 0. The molecule has 4 aliphatic rings. The summed E-state index contributed by atoms with van der Waals surface area (Å²) in [6, 6.07) is 13.0. The monoisotopic (exact) mass is 783 g/mol. The maximum absolute atomic E-state index is 13.8. The number of hydrogen-bond acceptors (Lipinski definition) is 10. The summed E-state index contributed by atoms with van der Waals surface area (Å²) in [5, 5.41) is 8.95. The van der Waals surface area contributed by atoms with Gasteiger partial charge in [-0.1, -0.05) is 37.8 Å². The second-order valence-corrected chi connectivity index (χ2v) is 17.9. The molecule has 0 radical (unpaired) electrons. The molecule has 3 aliphatic heterocycles. The summed E-state index contributed by atoms with van der Waals surface area (Å²) in [7, 11) is -0.0273. The van der Waals surface area contributed by atoms with E-state index in [0.717, 1.165) is 78.9 Å². The first-order valence-corrected chi connectivity index (χ1v) is 21.0. The molecule has 0 spiro atoms. The number of sulfonamides is 1. The van der Waals surface area contributed by atoms with Crippen molar-refractivity contribution in [2.45, 2.75) is 93.1 Å². The lowest BCUT2D eigenvalue weighted by Gasteiger charge is -2.37. The van der Waals surface area contributed by atoms with Gasteiger partial charge in [-0.15, -0.1) is 0 Å². The normalized spacial score (nSPS) is 20.9. The van der Waals surface area contributed by atoms with Gasteiger partial charge in [-0.3, -0.25) is 19.3 Å². The molecule has 1 unspecified atom stereocenters. The molecule has 3 saturated heterocycles. The number of likely N-dealkylation sites (tertiary alicyclic amines) is 1. The fourth-order valence-corrected chi connectivity index (χ4v) is 9.99. The molecule has 298 valence electrons. The number of likely N-dealkylation sites (N-methyl/N-ethyl adjacent to an activating group) is 1. The Morgan fingerprint density at radius 3 is 2.43 bits per heavy atom. The van der Waals surface area contributed by atoms with E-state index < -0.39 is 10.0 Å². The molecule has 3 amide bonds. The minimum absolute atomic E-state index is 0.000261. The van der Waals surface area contributed by atoms with Crippen molar-refractivity contribution < 1.29 is 22.8 Å². The number of anilines is 4. The Kier molecular flexibility index (Phi) is 11.5. The van der Waals surface area contributed by atoms with Crippen LogP contribution in [-0.4, -0.2) is 98.7 Å². The summed E-state index contributed by atoms with van der Waals surface area (Å²) in [6.07, 6.45) is 9.62. The molecular weight excluding hydrogens is 731 g/mol. The molecule has 3 N–H and O–H groups in total. The highest BCUT2D eigenvalue weighted by Crippen LogP contribution is 2.49. The lowest BCUT2D eigenvalue weighted by Crippen LogP contribution is -2.48. The topological polar surface area (TPSA) is 160 Å². The highest BCUT2D eigenvalue weighted by atomic mass is 32.2. The van der Waals surface area contributed by atoms with Gasteiger partial charge in [0.2, 0.25) is 34.7 Å². The van der Waals surface area contributed by atoms with Gasteiger partial charge in [-0.2, -0.15) is 9.29 Å². The van der Waals surface area contributed by atoms with Gasteiger partial charge in [0.05, 0.1) is 16.3 Å². The zero-order valence-electron chi connectivity index (χ0n) is 32.5. The van der Waals surface area contributed by atoms with Crippen LogP contribution in [0.3, 0.4) is 0 Å². The lowest BCUT2D eigenvalue weighted by molar-refractivity contribution is -0.122. The van der Waals surface area contributed by atoms with Crippen molar-refractivity contribution in [3.05, 3.63) is 77.6 Å². The first-order chi connectivity index (χ1) is 26.9. The molecule has 7 rings (SSSR count). The number of carbonyl (C=O) groups excluding carboxylic acids is 3. The van der Waals surface area contributed by atoms with Crippen molar-refractivity contribution >= 4 is 51.9 Å². The molecule has 1 aromatic heterocycles. The van der Waals surface area contributed by atoms with Crippen LogP contribution < -0.4 is 25.8 Å². The van der Waals surface area contributed by atoms with E-state index in [1.54, 1.807) is 34.6 Å². The molecule has 1 saturated carbocycles. The van der Waals surface area contributed by atoms with Gasteiger partial charge < -0.3 is 25.8 Å². The number of carbonyl (C=O) groups is 3. The van der Waals surface area contributed by atoms with E-state index in [1.165, 1.54) is 0 Å². The SMILES string of the molecule is C=C1CCC(N(C)c2cccc(C3CCN(Cc4cccc(S(=O)(=O)N5CCC(Nc6ncc(C7(C)CC7)c(NC=O)n6)CC5)c4)CC3)c2N(C)C=O)C(=O)N1. The number of aromatic nitrogens is 2. The minimum atomic E-state index is -3.70. The minimum Gasteiger partial charge on any atom is -0.361 e. The van der Waals surface area contributed by atoms with Crippen molar-refractivity contribution in [3.63, 3.8) is 0 Å². The van der Waals surface area contributed by atoms with Crippen molar-refractivity contribution in [1.82, 2.24) is 24.5 Å². The van der Waals surface area contributed by atoms with Crippen LogP contribution in [0.2, 0.25) is 0 Å². The predicted molar refractivity (Wildman–Crippen MR) is 217 cm³/mol. The number of amides is 3. The van der Waals surface area contributed by atoms with Crippen LogP contribution >= 0.6 is 0 Å². The van der Waals surface area contributed by atoms with Gasteiger partial charge in [-0.05, 0) is 105 Å². The van der Waals surface area contributed by atoms with E-state index in [9.17, 15) is 22.8 Å². The second-order valence-electron chi connectivity index (χ2n) is 16.0. The number of benzene rings is 2. The summed E-state index contributed by atoms with van der Waals surface area (Å²) < 4.78 is 29.2. The predicted octanol–water partition coefficient (Wildman–Crippen LogP) is 4.56. The van der Waals surface area contributed by atoms with Crippen molar-refractivity contribution in [2.24, 2.45) is 0 Å². The highest BCUT2D eigenvalue weighted by molar-refractivity contribution is 7.89. The summed E-state index contributed by atoms with van der Waals surface area (Å²) in [6.45, 7) is 9.05. The molecule has 3 aromatic rings. The van der Waals surface area contributed by atoms with Crippen LogP contribution in [0.4, 0.5) is 23.1 Å². The quantitative estimate of drug-likeness (QED) is 0.198. The largest absolute Gasteiger partial charge is 0.361 e. The number of piperidine rings is 3. The zero-order valence-corrected chi connectivity index (χ0v) is 33.4. The first kappa shape index (κ1) is 39.4. The average molecular weight is 784 g/mol. The van der Waals surface area contributed by atoms with Crippen LogP contribution in [0.15, 0.2) is 65.8 Å². The molecule has 0 bridgehead atoms. The third kappa shape index (κ3) is 8.30. The van der Waals surface area contributed by atoms with Crippen molar-refractivity contribution in [3.8, 4) is 0 Å². The standard InChI is InChI=1S/C41H53N9O5S/c1-28-11-12-36(39(53)44-28)48(4)35-10-6-9-33(37(35)47(3)27-52)30-13-19-49(20-14-30)25-29-7-5-8-32(23-29)56(54,55)50-21-15-31(16-22-50)45-40-42-24-34(41(2)17-18-41)38(46-40)43-26-51/h5-10,23-24,26-27,30-31,36H,1,11-22,25H2,2-4H3,(H,44,53)(H2,42,43,45,46,51). The van der Waals surface area contributed by atoms with Crippen LogP contribution in [0.25, 0.3) is 0 Å². The molecule has 4 fully saturated rings. The molecule has 4 heterocycles. The Hall–Kier alpha value is -4.86. The molecule has 2 aromatic carbocycles. The van der Waals surface area contributed by atoms with Gasteiger partial charge in [-0.25, -0.2) is 13.4 Å². The van der Waals surface area contributed by atoms with Gasteiger partial charge in [0.1, 0.15) is 11.9 Å². The number of allylic oxidation sites excluding steroid dienone is 1. The Morgan fingerprint density at radius 2 is 1.75 bits per heavy atom. The van der Waals surface area contributed by atoms with Crippen LogP contribution in [0.1, 0.15) is 80.9 Å². The maximum Gasteiger partial charge on any atom is 0.246 e. The number of rotatable bonds is 14. The number of para-hydroxylation sites is 1. The Morgan fingerprint density at radius 1 is 1.02 bits per heavy atom. The van der Waals surface area contributed by atoms with Crippen LogP contribution in [-0.2, 0) is 36.4 Å². The average Bonchev–Trinajstić information content (AvgIpc) is 3.95. The highest BCUT2D eigenvalue weighted by Gasteiger charge is 2.42. The Bertz CT molecular complexity index is 2070. The van der Waals surface area contributed by atoms with Crippen molar-refractivity contribution in [2.75, 3.05) is 60.7 Å². The van der Waals surface area contributed by atoms with E-state index in [2.05, 4.69) is 50.4 Å². The second kappa shape index (κ2) is 16.3. The molecule has 15 heteroatoms. The molecule has 14 nitrogen and oxygen atoms in total. The van der Waals surface area contributed by atoms with Crippen LogP contribution in [0.5, 0.6) is 0 Å². The number of hydrogen-bond donors (Lipinski definition) is 3. The zero-order chi connectivity index (χ0) is 39.6. The van der Waals surface area contributed by atoms with Gasteiger partial charge in [0.25, 0.3) is 0 Å². The number of nitrogens with one attached hydrogen (secondary N) is 3. The summed E-state index contributed by atoms with van der Waals surface area (Å²) in [4.78, 5) is 51.6. The van der Waals surface area contributed by atoms with E-state index >= 15 is 0 Å². The number of nitrogens with zero attached hydrogens (tertiary/aromatic N) is 6. The molecular formula is C41H53N9O5S. The van der Waals surface area contributed by atoms with Gasteiger partial charge in [0.15, 0.2) is 0 Å².